The zero-order chi connectivity index (χ0) is 26.4. The summed E-state index contributed by atoms with van der Waals surface area (Å²) in [7, 11) is -4.42. The van der Waals surface area contributed by atoms with E-state index in [4.69, 9.17) is 28.3 Å². The number of sulfonamides is 1. The molecule has 0 aromatic heterocycles. The molecule has 0 aliphatic rings. The van der Waals surface area contributed by atoms with Crippen molar-refractivity contribution in [2.45, 2.75) is 36.9 Å². The van der Waals surface area contributed by atoms with Gasteiger partial charge in [-0.15, -0.1) is 0 Å². The van der Waals surface area contributed by atoms with Gasteiger partial charge in [0.2, 0.25) is 15.9 Å². The molecular weight excluding hydrogens is 516 g/mol. The molecule has 0 saturated carbocycles. The molecule has 192 valence electrons. The molecule has 0 spiro atoms. The summed E-state index contributed by atoms with van der Waals surface area (Å²) in [5.41, 5.74) is 10.3. The number of nitrogens with zero attached hydrogens (tertiary/aromatic N) is 2. The topological polar surface area (TPSA) is 139 Å². The fourth-order valence-corrected chi connectivity index (χ4v) is 4.93. The number of carbonyl (C=O) groups is 1. The number of oxime groups is 1. The Bertz CT molecular complexity index is 1170. The first kappa shape index (κ1) is 28.3. The van der Waals surface area contributed by atoms with Gasteiger partial charge >= 0.3 is 6.18 Å². The number of hydrogen-bond donors (Lipinski definition) is 3. The van der Waals surface area contributed by atoms with Crippen LogP contribution >= 0.6 is 11.6 Å². The van der Waals surface area contributed by atoms with E-state index in [0.717, 1.165) is 6.07 Å². The third kappa shape index (κ3) is 8.37. The molecule has 35 heavy (non-hydrogen) atoms. The molecule has 8 nitrogen and oxygen atoms in total. The highest BCUT2D eigenvalue weighted by molar-refractivity contribution is 7.89. The molecule has 1 atom stereocenters. The standard InChI is InChI=1S/C21H23ClF4N4O4S/c22-16-4-6-17(7-5-16)35(33,34)30(11-13(1-8-19(27)31)10-21(24,25)26)12-15-3-2-14(9-18(15)23)20(28)29-32/h2-7,9,13,32H,1,8,10-12H2,(H2,27,31)(H2,28,29). The van der Waals surface area contributed by atoms with E-state index in [-0.39, 0.29) is 27.5 Å². The Balaban J connectivity index is 2.48. The third-order valence-corrected chi connectivity index (χ3v) is 7.11. The fraction of sp³-hybridized carbons (Fsp3) is 0.333. The summed E-state index contributed by atoms with van der Waals surface area (Å²) in [5.74, 6) is -3.48. The number of amides is 1. The molecule has 5 N–H and O–H groups in total. The highest BCUT2D eigenvalue weighted by Gasteiger charge is 2.35. The van der Waals surface area contributed by atoms with Gasteiger partial charge in [0, 0.05) is 42.1 Å². The zero-order valence-electron chi connectivity index (χ0n) is 18.2. The highest BCUT2D eigenvalue weighted by atomic mass is 35.5. The van der Waals surface area contributed by atoms with Crippen molar-refractivity contribution < 1.29 is 36.0 Å². The number of nitrogens with two attached hydrogens (primary N) is 2. The molecular formula is C21H23ClF4N4O4S. The number of amidine groups is 1. The van der Waals surface area contributed by atoms with Gasteiger partial charge in [0.15, 0.2) is 5.84 Å². The summed E-state index contributed by atoms with van der Waals surface area (Å²) in [6.07, 6.45) is -6.74. The Morgan fingerprint density at radius 2 is 1.77 bits per heavy atom. The van der Waals surface area contributed by atoms with Gasteiger partial charge in [-0.25, -0.2) is 12.8 Å². The predicted octanol–water partition coefficient (Wildman–Crippen LogP) is 3.60. The Morgan fingerprint density at radius 1 is 1.14 bits per heavy atom. The van der Waals surface area contributed by atoms with E-state index in [9.17, 15) is 30.8 Å². The van der Waals surface area contributed by atoms with Crippen LogP contribution in [0.25, 0.3) is 0 Å². The molecule has 0 fully saturated rings. The maximum absolute atomic E-state index is 14.7. The fourth-order valence-electron chi connectivity index (χ4n) is 3.31. The van der Waals surface area contributed by atoms with E-state index in [0.29, 0.717) is 4.31 Å². The van der Waals surface area contributed by atoms with E-state index in [1.54, 1.807) is 0 Å². The molecule has 2 rings (SSSR count). The van der Waals surface area contributed by atoms with Crippen molar-refractivity contribution in [2.75, 3.05) is 6.54 Å². The number of alkyl halides is 3. The summed E-state index contributed by atoms with van der Waals surface area (Å²) in [5, 5.41) is 11.7. The van der Waals surface area contributed by atoms with Gasteiger partial charge in [-0.05, 0) is 42.7 Å². The molecule has 0 saturated heterocycles. The lowest BCUT2D eigenvalue weighted by Gasteiger charge is -2.28. The van der Waals surface area contributed by atoms with Gasteiger partial charge in [0.05, 0.1) is 4.90 Å². The van der Waals surface area contributed by atoms with E-state index in [1.807, 2.05) is 0 Å². The number of halogens is 5. The second-order valence-corrected chi connectivity index (χ2v) is 10.1. The van der Waals surface area contributed by atoms with Crippen LogP contribution in [0.15, 0.2) is 52.5 Å². The molecule has 1 amide bonds. The molecule has 1 unspecified atom stereocenters. The summed E-state index contributed by atoms with van der Waals surface area (Å²) in [6, 6.07) is 8.27. The summed E-state index contributed by atoms with van der Waals surface area (Å²) in [6.45, 7) is -1.29. The van der Waals surface area contributed by atoms with Gasteiger partial charge in [-0.1, -0.05) is 28.9 Å². The summed E-state index contributed by atoms with van der Waals surface area (Å²) >= 11 is 5.81. The Labute approximate surface area is 204 Å². The second kappa shape index (κ2) is 11.7. The van der Waals surface area contributed by atoms with Crippen molar-refractivity contribution in [1.82, 2.24) is 4.31 Å². The van der Waals surface area contributed by atoms with Crippen LogP contribution in [-0.2, 0) is 21.4 Å². The van der Waals surface area contributed by atoms with Crippen molar-refractivity contribution in [3.63, 3.8) is 0 Å². The molecule has 0 radical (unpaired) electrons. The minimum absolute atomic E-state index is 0.0114. The molecule has 14 heteroatoms. The normalized spacial score (nSPS) is 13.7. The van der Waals surface area contributed by atoms with Crippen LogP contribution in [0.4, 0.5) is 17.6 Å². The third-order valence-electron chi connectivity index (χ3n) is 5.04. The quantitative estimate of drug-likeness (QED) is 0.132. The number of hydrogen-bond acceptors (Lipinski definition) is 5. The Morgan fingerprint density at radius 3 is 2.29 bits per heavy atom. The van der Waals surface area contributed by atoms with Crippen molar-refractivity contribution >= 4 is 33.4 Å². The van der Waals surface area contributed by atoms with Gasteiger partial charge in [-0.3, -0.25) is 4.79 Å². The highest BCUT2D eigenvalue weighted by Crippen LogP contribution is 2.31. The zero-order valence-corrected chi connectivity index (χ0v) is 19.7. The summed E-state index contributed by atoms with van der Waals surface area (Å²) < 4.78 is 81.7. The van der Waals surface area contributed by atoms with Crippen LogP contribution < -0.4 is 11.5 Å². The minimum atomic E-state index is -4.65. The minimum Gasteiger partial charge on any atom is -0.409 e. The first-order chi connectivity index (χ1) is 16.2. The van der Waals surface area contributed by atoms with Crippen LogP contribution in [0.1, 0.15) is 30.4 Å². The number of benzene rings is 2. The summed E-state index contributed by atoms with van der Waals surface area (Å²) in [4.78, 5) is 10.9. The van der Waals surface area contributed by atoms with Gasteiger partial charge < -0.3 is 16.7 Å². The van der Waals surface area contributed by atoms with Gasteiger partial charge in [0.1, 0.15) is 5.82 Å². The van der Waals surface area contributed by atoms with Crippen LogP contribution in [-0.4, -0.2) is 42.4 Å². The maximum atomic E-state index is 14.7. The lowest BCUT2D eigenvalue weighted by Crippen LogP contribution is -2.37. The van der Waals surface area contributed by atoms with E-state index < -0.39 is 65.6 Å². The van der Waals surface area contributed by atoms with Crippen molar-refractivity contribution in [3.05, 3.63) is 64.4 Å². The molecule has 0 aliphatic heterocycles. The number of carbonyl (C=O) groups excluding carboxylic acids is 1. The SMILES string of the molecule is NC(=O)CCC(CN(Cc1ccc(/C(N)=N/O)cc1F)S(=O)(=O)c1ccc(Cl)cc1)CC(F)(F)F. The lowest BCUT2D eigenvalue weighted by molar-refractivity contribution is -0.146. The van der Waals surface area contributed by atoms with Crippen LogP contribution in [0, 0.1) is 11.7 Å². The first-order valence-electron chi connectivity index (χ1n) is 10.1. The Kier molecular flexibility index (Phi) is 9.46. The van der Waals surface area contributed by atoms with E-state index >= 15 is 0 Å². The van der Waals surface area contributed by atoms with Crippen LogP contribution in [0.3, 0.4) is 0 Å². The maximum Gasteiger partial charge on any atom is 0.389 e. The van der Waals surface area contributed by atoms with Crippen molar-refractivity contribution in [2.24, 2.45) is 22.5 Å². The molecule has 0 bridgehead atoms. The molecule has 2 aromatic carbocycles. The van der Waals surface area contributed by atoms with Crippen molar-refractivity contribution in [1.29, 1.82) is 0 Å². The van der Waals surface area contributed by atoms with Gasteiger partial charge in [-0.2, -0.15) is 17.5 Å². The largest absolute Gasteiger partial charge is 0.409 e. The van der Waals surface area contributed by atoms with E-state index in [1.165, 1.54) is 36.4 Å². The molecule has 0 heterocycles. The molecule has 0 aliphatic carbocycles. The average Bonchev–Trinajstić information content (AvgIpc) is 2.76. The number of rotatable bonds is 11. The monoisotopic (exact) mass is 538 g/mol. The van der Waals surface area contributed by atoms with Crippen LogP contribution in [0.5, 0.6) is 0 Å². The second-order valence-electron chi connectivity index (χ2n) is 7.73. The average molecular weight is 539 g/mol. The first-order valence-corrected chi connectivity index (χ1v) is 11.9. The Hall–Kier alpha value is -2.90. The predicted molar refractivity (Wildman–Crippen MR) is 121 cm³/mol. The van der Waals surface area contributed by atoms with Crippen LogP contribution in [0.2, 0.25) is 5.02 Å². The van der Waals surface area contributed by atoms with Crippen molar-refractivity contribution in [3.8, 4) is 0 Å². The lowest BCUT2D eigenvalue weighted by atomic mass is 9.98. The smallest absolute Gasteiger partial charge is 0.389 e. The number of primary amides is 1. The molecule has 2 aromatic rings. The van der Waals surface area contributed by atoms with E-state index in [2.05, 4.69) is 5.16 Å². The van der Waals surface area contributed by atoms with Gasteiger partial charge in [0.25, 0.3) is 0 Å².